The first kappa shape index (κ1) is 23.2. The van der Waals surface area contributed by atoms with Gasteiger partial charge in [-0.1, -0.05) is 11.6 Å². The van der Waals surface area contributed by atoms with Crippen molar-refractivity contribution in [1.29, 1.82) is 0 Å². The van der Waals surface area contributed by atoms with E-state index in [0.717, 1.165) is 17.0 Å². The van der Waals surface area contributed by atoms with E-state index in [1.807, 2.05) is 57.7 Å². The number of β-amino-alcohol motifs (C(OH)–C–C–N with tert-alkyl or cyclic N) is 1. The third-order valence-electron chi connectivity index (χ3n) is 4.80. The minimum Gasteiger partial charge on any atom is -0.497 e. The topological polar surface area (TPSA) is 62.2 Å². The maximum atomic E-state index is 12.8. The molecule has 1 unspecified atom stereocenters. The Morgan fingerprint density at radius 3 is 2.62 bits per heavy atom. The van der Waals surface area contributed by atoms with Gasteiger partial charge in [-0.3, -0.25) is 4.79 Å². The van der Waals surface area contributed by atoms with Crippen LogP contribution >= 0.6 is 0 Å². The summed E-state index contributed by atoms with van der Waals surface area (Å²) in [6, 6.07) is 5.92. The van der Waals surface area contributed by atoms with E-state index in [0.29, 0.717) is 32.6 Å². The molecule has 0 radical (unpaired) electrons. The van der Waals surface area contributed by atoms with Gasteiger partial charge in [0.05, 0.1) is 25.4 Å². The lowest BCUT2D eigenvalue weighted by molar-refractivity contribution is -0.131. The Morgan fingerprint density at radius 2 is 2.00 bits per heavy atom. The summed E-state index contributed by atoms with van der Waals surface area (Å²) in [4.78, 5) is 16.7. The molecule has 1 aromatic rings. The van der Waals surface area contributed by atoms with Gasteiger partial charge in [-0.25, -0.2) is 0 Å². The molecule has 2 rings (SSSR count). The Kier molecular flexibility index (Phi) is 8.11. The van der Waals surface area contributed by atoms with Crippen molar-refractivity contribution in [2.75, 3.05) is 38.3 Å². The monoisotopic (exact) mass is 404 g/mol. The number of nitrogens with zero attached hydrogens (tertiary/aromatic N) is 2. The maximum Gasteiger partial charge on any atom is 0.224 e. The van der Waals surface area contributed by atoms with E-state index in [1.54, 1.807) is 7.11 Å². The van der Waals surface area contributed by atoms with Crippen LogP contribution in [0.5, 0.6) is 5.75 Å². The van der Waals surface area contributed by atoms with Crippen molar-refractivity contribution in [1.82, 2.24) is 4.90 Å². The third kappa shape index (κ3) is 7.37. The first-order valence-electron chi connectivity index (χ1n) is 10.2. The Hall–Kier alpha value is -2.05. The number of aliphatic hydroxyl groups is 1. The average molecular weight is 405 g/mol. The average Bonchev–Trinajstić information content (AvgIpc) is 2.64. The summed E-state index contributed by atoms with van der Waals surface area (Å²) in [7, 11) is 1.64. The van der Waals surface area contributed by atoms with Crippen molar-refractivity contribution in [3.8, 4) is 5.75 Å². The highest BCUT2D eigenvalue weighted by atomic mass is 16.5. The van der Waals surface area contributed by atoms with Crippen LogP contribution in [0.2, 0.25) is 0 Å². The van der Waals surface area contributed by atoms with Crippen LogP contribution < -0.4 is 9.64 Å². The molecule has 0 saturated carbocycles. The molecule has 1 amide bonds. The summed E-state index contributed by atoms with van der Waals surface area (Å²) >= 11 is 0. The van der Waals surface area contributed by atoms with E-state index in [-0.39, 0.29) is 18.1 Å². The van der Waals surface area contributed by atoms with Crippen molar-refractivity contribution in [2.24, 2.45) is 0 Å². The summed E-state index contributed by atoms with van der Waals surface area (Å²) in [6.07, 6.45) is 1.85. The van der Waals surface area contributed by atoms with Crippen LogP contribution in [-0.4, -0.2) is 61.0 Å². The Labute approximate surface area is 175 Å². The molecular formula is C23H36N2O4. The third-order valence-corrected chi connectivity index (χ3v) is 4.80. The second-order valence-corrected chi connectivity index (χ2v) is 8.82. The van der Waals surface area contributed by atoms with Gasteiger partial charge in [-0.2, -0.15) is 0 Å². The van der Waals surface area contributed by atoms with Gasteiger partial charge in [-0.05, 0) is 58.4 Å². The Morgan fingerprint density at radius 1 is 1.28 bits per heavy atom. The number of benzene rings is 1. The van der Waals surface area contributed by atoms with E-state index in [9.17, 15) is 9.90 Å². The second kappa shape index (κ2) is 10.1. The number of allylic oxidation sites excluding steroid dienone is 1. The molecule has 0 bridgehead atoms. The van der Waals surface area contributed by atoms with Crippen molar-refractivity contribution in [3.05, 3.63) is 35.4 Å². The number of rotatable bonds is 7. The molecule has 0 aromatic heterocycles. The van der Waals surface area contributed by atoms with Crippen LogP contribution in [-0.2, 0) is 16.1 Å². The standard InChI is InChI=1S/C23H36N2O4/c1-17(2)9-11-25-14-18-13-20(28-6)7-8-21(18)24(12-10-22(25)27)15-19(26)16-29-23(3,4)5/h7-9,13,19,26H,10-12,14-16H2,1-6H3. The van der Waals surface area contributed by atoms with Crippen molar-refractivity contribution >= 4 is 11.6 Å². The summed E-state index contributed by atoms with van der Waals surface area (Å²) in [5.41, 5.74) is 2.93. The lowest BCUT2D eigenvalue weighted by Crippen LogP contribution is -2.42. The quantitative estimate of drug-likeness (QED) is 0.706. The number of ether oxygens (including phenoxy) is 2. The molecule has 6 nitrogen and oxygen atoms in total. The van der Waals surface area contributed by atoms with Crippen molar-refractivity contribution < 1.29 is 19.4 Å². The van der Waals surface area contributed by atoms with Crippen molar-refractivity contribution in [3.63, 3.8) is 0 Å². The number of aliphatic hydroxyl groups excluding tert-OH is 1. The normalized spacial score (nSPS) is 16.0. The van der Waals surface area contributed by atoms with E-state index in [2.05, 4.69) is 11.0 Å². The van der Waals surface area contributed by atoms with E-state index in [4.69, 9.17) is 9.47 Å². The molecule has 0 saturated heterocycles. The highest BCUT2D eigenvalue weighted by molar-refractivity contribution is 5.78. The highest BCUT2D eigenvalue weighted by Crippen LogP contribution is 2.29. The summed E-state index contributed by atoms with van der Waals surface area (Å²) in [5, 5.41) is 10.5. The minimum atomic E-state index is -0.638. The zero-order valence-electron chi connectivity index (χ0n) is 18.7. The number of amides is 1. The summed E-state index contributed by atoms with van der Waals surface area (Å²) in [6.45, 7) is 12.3. The number of hydrogen-bond acceptors (Lipinski definition) is 5. The number of methoxy groups -OCH3 is 1. The van der Waals surface area contributed by atoms with E-state index >= 15 is 0 Å². The number of anilines is 1. The molecule has 1 atom stereocenters. The zero-order valence-corrected chi connectivity index (χ0v) is 18.7. The lowest BCUT2D eigenvalue weighted by atomic mass is 10.1. The van der Waals surface area contributed by atoms with Crippen LogP contribution in [0.25, 0.3) is 0 Å². The molecule has 29 heavy (non-hydrogen) atoms. The van der Waals surface area contributed by atoms with Gasteiger partial charge >= 0.3 is 0 Å². The first-order chi connectivity index (χ1) is 13.6. The fourth-order valence-electron chi connectivity index (χ4n) is 3.23. The fraction of sp³-hybridized carbons (Fsp3) is 0.609. The molecule has 6 heteroatoms. The predicted octanol–water partition coefficient (Wildman–Crippen LogP) is 3.38. The van der Waals surface area contributed by atoms with Gasteiger partial charge in [0.25, 0.3) is 0 Å². The summed E-state index contributed by atoms with van der Waals surface area (Å²) < 4.78 is 11.1. The van der Waals surface area contributed by atoms with Crippen LogP contribution in [0.15, 0.2) is 29.8 Å². The van der Waals surface area contributed by atoms with Gasteiger partial charge in [0.2, 0.25) is 5.91 Å². The highest BCUT2D eigenvalue weighted by Gasteiger charge is 2.24. The van der Waals surface area contributed by atoms with Gasteiger partial charge in [0.1, 0.15) is 5.75 Å². The molecule has 162 valence electrons. The number of fused-ring (bicyclic) bond motifs is 1. The zero-order chi connectivity index (χ0) is 21.6. The number of carbonyl (C=O) groups excluding carboxylic acids is 1. The van der Waals surface area contributed by atoms with Crippen LogP contribution in [0.4, 0.5) is 5.69 Å². The maximum absolute atomic E-state index is 12.8. The largest absolute Gasteiger partial charge is 0.497 e. The van der Waals surface area contributed by atoms with E-state index < -0.39 is 6.10 Å². The van der Waals surface area contributed by atoms with Crippen molar-refractivity contribution in [2.45, 2.75) is 59.3 Å². The first-order valence-corrected chi connectivity index (χ1v) is 10.2. The predicted molar refractivity (Wildman–Crippen MR) is 116 cm³/mol. The fourth-order valence-corrected chi connectivity index (χ4v) is 3.23. The molecule has 1 N–H and O–H groups in total. The van der Waals surface area contributed by atoms with Gasteiger partial charge in [0, 0.05) is 38.3 Å². The second-order valence-electron chi connectivity index (χ2n) is 8.82. The molecule has 1 aromatic carbocycles. The van der Waals surface area contributed by atoms with Gasteiger partial charge in [0.15, 0.2) is 0 Å². The molecule has 1 aliphatic heterocycles. The molecule has 0 aliphatic carbocycles. The molecular weight excluding hydrogens is 368 g/mol. The minimum absolute atomic E-state index is 0.112. The summed E-state index contributed by atoms with van der Waals surface area (Å²) in [5.74, 6) is 0.872. The Bertz CT molecular complexity index is 720. The smallest absolute Gasteiger partial charge is 0.224 e. The van der Waals surface area contributed by atoms with Crippen LogP contribution in [0.3, 0.4) is 0 Å². The Balaban J connectivity index is 2.25. The lowest BCUT2D eigenvalue weighted by Gasteiger charge is -2.34. The van der Waals surface area contributed by atoms with Gasteiger partial charge < -0.3 is 24.4 Å². The molecule has 0 spiro atoms. The number of hydrogen-bond donors (Lipinski definition) is 1. The SMILES string of the molecule is COc1ccc2c(c1)CN(CC=C(C)C)C(=O)CCN2CC(O)COC(C)(C)C. The van der Waals surface area contributed by atoms with Crippen LogP contribution in [0, 0.1) is 0 Å². The molecule has 1 aliphatic rings. The molecule has 0 fully saturated rings. The van der Waals surface area contributed by atoms with Gasteiger partial charge in [-0.15, -0.1) is 0 Å². The van der Waals surface area contributed by atoms with E-state index in [1.165, 1.54) is 5.57 Å². The molecule has 1 heterocycles. The number of carbonyl (C=O) groups is 1. The van der Waals surface area contributed by atoms with Crippen LogP contribution in [0.1, 0.15) is 46.6 Å².